The zero-order chi connectivity index (χ0) is 14.7. The molecule has 0 saturated heterocycles. The lowest BCUT2D eigenvalue weighted by Gasteiger charge is -2.34. The quantitative estimate of drug-likeness (QED) is 0.751. The molecule has 0 aromatic heterocycles. The van der Waals surface area contributed by atoms with Gasteiger partial charge in [0.15, 0.2) is 4.75 Å². The fraction of sp³-hybridized carbons (Fsp3) is 0.462. The van der Waals surface area contributed by atoms with Crippen molar-refractivity contribution in [3.8, 4) is 12.3 Å². The Morgan fingerprint density at radius 2 is 2.00 bits per heavy atom. The van der Waals surface area contributed by atoms with E-state index in [4.69, 9.17) is 11.6 Å². The molecule has 0 bridgehead atoms. The van der Waals surface area contributed by atoms with Crippen molar-refractivity contribution in [2.45, 2.75) is 18.6 Å². The normalized spacial score (nSPS) is 25.9. The maximum Gasteiger partial charge on any atom is 0.232 e. The summed E-state index contributed by atoms with van der Waals surface area (Å²) in [4.78, 5) is 13.9. The number of nitrogens with two attached hydrogens (primary N) is 1. The number of allylic oxidation sites excluding steroid dienone is 2. The van der Waals surface area contributed by atoms with Crippen molar-refractivity contribution in [1.82, 2.24) is 4.90 Å². The van der Waals surface area contributed by atoms with E-state index < -0.39 is 20.7 Å². The third kappa shape index (κ3) is 2.57. The highest BCUT2D eigenvalue weighted by atomic mass is 32.2. The molecule has 1 aliphatic carbocycles. The fourth-order valence-corrected chi connectivity index (χ4v) is 3.08. The van der Waals surface area contributed by atoms with E-state index in [1.54, 1.807) is 6.08 Å². The number of hydrogen-bond acceptors (Lipinski definition) is 3. The molecule has 0 aromatic rings. The molecule has 1 rings (SSSR count). The summed E-state index contributed by atoms with van der Waals surface area (Å²) < 4.78 is 21.9. The zero-order valence-electron chi connectivity index (χ0n) is 11.0. The van der Waals surface area contributed by atoms with Gasteiger partial charge in [-0.15, -0.1) is 6.42 Å². The van der Waals surface area contributed by atoms with Crippen LogP contribution in [-0.2, 0) is 14.8 Å². The van der Waals surface area contributed by atoms with Gasteiger partial charge in [-0.05, 0) is 19.9 Å². The lowest BCUT2D eigenvalue weighted by molar-refractivity contribution is -0.133. The minimum absolute atomic E-state index is 0.336. The van der Waals surface area contributed by atoms with Crippen LogP contribution < -0.4 is 5.14 Å². The van der Waals surface area contributed by atoms with Crippen molar-refractivity contribution < 1.29 is 13.2 Å². The van der Waals surface area contributed by atoms with Crippen LogP contribution >= 0.6 is 0 Å². The van der Waals surface area contributed by atoms with Crippen LogP contribution in [0.25, 0.3) is 0 Å². The van der Waals surface area contributed by atoms with E-state index in [9.17, 15) is 13.2 Å². The largest absolute Gasteiger partial charge is 0.343 e. The van der Waals surface area contributed by atoms with Gasteiger partial charge in [-0.1, -0.05) is 24.1 Å². The van der Waals surface area contributed by atoms with Crippen molar-refractivity contribution in [3.05, 3.63) is 24.3 Å². The van der Waals surface area contributed by atoms with Gasteiger partial charge >= 0.3 is 0 Å². The smallest absolute Gasteiger partial charge is 0.232 e. The van der Waals surface area contributed by atoms with Gasteiger partial charge in [0.05, 0.1) is 5.92 Å². The lowest BCUT2D eigenvalue weighted by Crippen LogP contribution is -2.53. The highest BCUT2D eigenvalue weighted by Crippen LogP contribution is 2.32. The Labute approximate surface area is 114 Å². The molecule has 19 heavy (non-hydrogen) atoms. The Balaban J connectivity index is 3.33. The highest BCUT2D eigenvalue weighted by Gasteiger charge is 2.49. The minimum Gasteiger partial charge on any atom is -0.343 e. The second-order valence-corrected chi connectivity index (χ2v) is 5.98. The molecule has 0 heterocycles. The van der Waals surface area contributed by atoms with Gasteiger partial charge in [0, 0.05) is 13.1 Å². The summed E-state index contributed by atoms with van der Waals surface area (Å²) in [6.07, 6.45) is 11.3. The van der Waals surface area contributed by atoms with Crippen molar-refractivity contribution in [3.63, 3.8) is 0 Å². The molecule has 0 radical (unpaired) electrons. The number of terminal acetylenes is 1. The average Bonchev–Trinajstić information content (AvgIpc) is 2.38. The molecule has 0 fully saturated rings. The maximum absolute atomic E-state index is 12.4. The van der Waals surface area contributed by atoms with Gasteiger partial charge in [-0.2, -0.15) is 0 Å². The number of primary sulfonamides is 1. The third-order valence-corrected chi connectivity index (χ3v) is 4.71. The summed E-state index contributed by atoms with van der Waals surface area (Å²) in [5, 5.41) is 5.24. The maximum atomic E-state index is 12.4. The Hall–Kier alpha value is -1.58. The predicted molar refractivity (Wildman–Crippen MR) is 74.4 cm³/mol. The number of hydrogen-bond donors (Lipinski definition) is 1. The summed E-state index contributed by atoms with van der Waals surface area (Å²) in [6.45, 7) is 4.60. The van der Waals surface area contributed by atoms with E-state index in [1.165, 1.54) is 23.1 Å². The van der Waals surface area contributed by atoms with E-state index in [-0.39, 0.29) is 5.91 Å². The van der Waals surface area contributed by atoms with Crippen molar-refractivity contribution in [2.24, 2.45) is 11.1 Å². The van der Waals surface area contributed by atoms with Gasteiger partial charge in [-0.25, -0.2) is 13.6 Å². The van der Waals surface area contributed by atoms with Gasteiger partial charge in [-0.3, -0.25) is 4.79 Å². The molecular weight excluding hydrogens is 264 g/mol. The van der Waals surface area contributed by atoms with Crippen molar-refractivity contribution >= 4 is 15.9 Å². The first-order valence-corrected chi connectivity index (χ1v) is 7.53. The standard InChI is InChI=1S/C13H18N2O3S/c1-4-13(19(14,17)18)10-8-7-9-11(13)12(16)15(5-2)6-3/h1,7-11H,5-6H2,2-3H3,(H2,14,17,18). The summed E-state index contributed by atoms with van der Waals surface area (Å²) in [5.41, 5.74) is 0. The monoisotopic (exact) mass is 282 g/mol. The molecule has 5 nitrogen and oxygen atoms in total. The van der Waals surface area contributed by atoms with E-state index in [0.717, 1.165) is 0 Å². The van der Waals surface area contributed by atoms with E-state index in [1.807, 2.05) is 13.8 Å². The SMILES string of the molecule is C#CC1(S(N)(=O)=O)C=CC=CC1C(=O)N(CC)CC. The van der Waals surface area contributed by atoms with E-state index >= 15 is 0 Å². The van der Waals surface area contributed by atoms with Crippen LogP contribution in [0.15, 0.2) is 24.3 Å². The number of amides is 1. The first-order chi connectivity index (χ1) is 8.84. The summed E-state index contributed by atoms with van der Waals surface area (Å²) >= 11 is 0. The van der Waals surface area contributed by atoms with Crippen LogP contribution in [0.4, 0.5) is 0 Å². The Bertz CT molecular complexity index is 553. The molecule has 104 valence electrons. The van der Waals surface area contributed by atoms with Gasteiger partial charge in [0.25, 0.3) is 0 Å². The molecule has 6 heteroatoms. The van der Waals surface area contributed by atoms with Crippen molar-refractivity contribution in [1.29, 1.82) is 0 Å². The fourth-order valence-electron chi connectivity index (χ4n) is 2.11. The number of rotatable bonds is 4. The Kier molecular flexibility index (Phi) is 4.56. The Morgan fingerprint density at radius 1 is 1.42 bits per heavy atom. The van der Waals surface area contributed by atoms with Gasteiger partial charge in [0.2, 0.25) is 15.9 Å². The minimum atomic E-state index is -4.10. The lowest BCUT2D eigenvalue weighted by atomic mass is 9.86. The highest BCUT2D eigenvalue weighted by molar-refractivity contribution is 7.91. The van der Waals surface area contributed by atoms with Crippen LogP contribution in [0.2, 0.25) is 0 Å². The summed E-state index contributed by atoms with van der Waals surface area (Å²) in [5.74, 6) is 0.869. The molecule has 1 aliphatic rings. The number of nitrogens with zero attached hydrogens (tertiary/aromatic N) is 1. The predicted octanol–water partition coefficient (Wildman–Crippen LogP) is 0.257. The van der Waals surface area contributed by atoms with Gasteiger partial charge < -0.3 is 4.90 Å². The van der Waals surface area contributed by atoms with Gasteiger partial charge in [0.1, 0.15) is 0 Å². The average molecular weight is 282 g/mol. The van der Waals surface area contributed by atoms with Crippen molar-refractivity contribution in [2.75, 3.05) is 13.1 Å². The zero-order valence-corrected chi connectivity index (χ0v) is 11.9. The molecule has 0 spiro atoms. The summed E-state index contributed by atoms with van der Waals surface area (Å²) in [7, 11) is -4.10. The van der Waals surface area contributed by atoms with Crippen LogP contribution in [0, 0.1) is 18.3 Å². The molecule has 0 saturated carbocycles. The molecule has 0 aromatic carbocycles. The van der Waals surface area contributed by atoms with Crippen LogP contribution in [0.3, 0.4) is 0 Å². The van der Waals surface area contributed by atoms with Crippen LogP contribution in [0.1, 0.15) is 13.8 Å². The molecule has 0 aliphatic heterocycles. The molecule has 2 unspecified atom stereocenters. The molecular formula is C13H18N2O3S. The third-order valence-electron chi connectivity index (χ3n) is 3.26. The van der Waals surface area contributed by atoms with Crippen LogP contribution in [0.5, 0.6) is 0 Å². The summed E-state index contributed by atoms with van der Waals surface area (Å²) in [6, 6.07) is 0. The molecule has 2 N–H and O–H groups in total. The number of carbonyl (C=O) groups is 1. The molecule has 2 atom stereocenters. The number of sulfonamides is 1. The first kappa shape index (κ1) is 15.5. The first-order valence-electron chi connectivity index (χ1n) is 5.99. The topological polar surface area (TPSA) is 80.5 Å². The van der Waals surface area contributed by atoms with Crippen LogP contribution in [-0.4, -0.2) is 37.1 Å². The number of carbonyl (C=O) groups excluding carboxylic acids is 1. The Morgan fingerprint density at radius 3 is 2.42 bits per heavy atom. The second-order valence-electron chi connectivity index (χ2n) is 4.21. The van der Waals surface area contributed by atoms with E-state index in [2.05, 4.69) is 5.92 Å². The second kappa shape index (κ2) is 5.59. The van der Waals surface area contributed by atoms with E-state index in [0.29, 0.717) is 13.1 Å². The molecule has 1 amide bonds.